The molecule has 1 saturated carbocycles. The Kier molecular flexibility index (Phi) is 5.28. The molecule has 1 aliphatic heterocycles. The first-order chi connectivity index (χ1) is 9.58. The van der Waals surface area contributed by atoms with Crippen LogP contribution < -0.4 is 5.32 Å². The normalized spacial score (nSPS) is 21.8. The highest BCUT2D eigenvalue weighted by Gasteiger charge is 2.32. The minimum atomic E-state index is -0.979. The van der Waals surface area contributed by atoms with Crippen molar-refractivity contribution in [3.8, 4) is 0 Å². The number of nitrogens with one attached hydrogen (secondary N) is 1. The van der Waals surface area contributed by atoms with E-state index in [0.29, 0.717) is 11.6 Å². The van der Waals surface area contributed by atoms with E-state index in [-0.39, 0.29) is 24.3 Å². The maximum atomic E-state index is 11.9. The lowest BCUT2D eigenvalue weighted by atomic mass is 9.84. The summed E-state index contributed by atoms with van der Waals surface area (Å²) in [6, 6.07) is -0.826. The number of carboxylic acid groups (broad SMARTS) is 1. The second kappa shape index (κ2) is 6.97. The molecular formula is C13H20N2O4S. The van der Waals surface area contributed by atoms with Crippen LogP contribution in [0, 0.1) is 5.92 Å². The third-order valence-corrected chi connectivity index (χ3v) is 4.81. The van der Waals surface area contributed by atoms with E-state index in [1.807, 2.05) is 0 Å². The van der Waals surface area contributed by atoms with E-state index in [2.05, 4.69) is 5.32 Å². The van der Waals surface area contributed by atoms with E-state index in [0.717, 1.165) is 32.1 Å². The number of amides is 2. The molecule has 20 heavy (non-hydrogen) atoms. The fraction of sp³-hybridized carbons (Fsp3) is 0.769. The fourth-order valence-corrected chi connectivity index (χ4v) is 3.69. The topological polar surface area (TPSA) is 86.7 Å². The molecule has 0 bridgehead atoms. The van der Waals surface area contributed by atoms with Crippen molar-refractivity contribution in [2.45, 2.75) is 38.1 Å². The van der Waals surface area contributed by atoms with Gasteiger partial charge in [-0.15, -0.1) is 11.8 Å². The molecule has 2 N–H and O–H groups in total. The predicted octanol–water partition coefficient (Wildman–Crippen LogP) is 0.669. The van der Waals surface area contributed by atoms with Gasteiger partial charge in [0.05, 0.1) is 11.6 Å². The summed E-state index contributed by atoms with van der Waals surface area (Å²) in [6.07, 6.45) is 4.86. The molecule has 6 nitrogen and oxygen atoms in total. The molecule has 2 fully saturated rings. The van der Waals surface area contributed by atoms with Gasteiger partial charge in [-0.1, -0.05) is 19.3 Å². The number of carbonyl (C=O) groups excluding carboxylic acids is 2. The third-order valence-electron chi connectivity index (χ3n) is 3.86. The standard InChI is InChI=1S/C13H20N2O4S/c16-10(6-15-8-20-7-11(15)17)14-12(13(18)19)9-4-2-1-3-5-9/h9,12H,1-8H2,(H,14,16)(H,18,19). The van der Waals surface area contributed by atoms with Crippen molar-refractivity contribution >= 4 is 29.5 Å². The number of hydrogen-bond donors (Lipinski definition) is 2. The SMILES string of the molecule is O=C(CN1CSCC1=O)NC(C(=O)O)C1CCCCC1. The van der Waals surface area contributed by atoms with E-state index in [1.54, 1.807) is 0 Å². The van der Waals surface area contributed by atoms with Crippen LogP contribution in [0.5, 0.6) is 0 Å². The number of nitrogens with zero attached hydrogens (tertiary/aromatic N) is 1. The van der Waals surface area contributed by atoms with Gasteiger partial charge in [0, 0.05) is 0 Å². The molecule has 2 rings (SSSR count). The van der Waals surface area contributed by atoms with Gasteiger partial charge in [-0.05, 0) is 18.8 Å². The average molecular weight is 300 g/mol. The van der Waals surface area contributed by atoms with Gasteiger partial charge < -0.3 is 15.3 Å². The van der Waals surface area contributed by atoms with Gasteiger partial charge in [0.1, 0.15) is 12.6 Å². The molecule has 2 amide bonds. The van der Waals surface area contributed by atoms with Crippen molar-refractivity contribution in [1.82, 2.24) is 10.2 Å². The Hall–Kier alpha value is -1.24. The van der Waals surface area contributed by atoms with Crippen molar-refractivity contribution < 1.29 is 19.5 Å². The van der Waals surface area contributed by atoms with Crippen LogP contribution in [0.1, 0.15) is 32.1 Å². The number of hydrogen-bond acceptors (Lipinski definition) is 4. The maximum Gasteiger partial charge on any atom is 0.326 e. The van der Waals surface area contributed by atoms with E-state index < -0.39 is 12.0 Å². The van der Waals surface area contributed by atoms with Gasteiger partial charge in [-0.3, -0.25) is 9.59 Å². The van der Waals surface area contributed by atoms with Crippen LogP contribution in [0.3, 0.4) is 0 Å². The van der Waals surface area contributed by atoms with Crippen LogP contribution in [0.25, 0.3) is 0 Å². The Morgan fingerprint density at radius 3 is 2.60 bits per heavy atom. The van der Waals surface area contributed by atoms with Gasteiger partial charge in [0.15, 0.2) is 0 Å². The summed E-state index contributed by atoms with van der Waals surface area (Å²) in [4.78, 5) is 36.2. The first kappa shape index (κ1) is 15.2. The third kappa shape index (κ3) is 3.88. The summed E-state index contributed by atoms with van der Waals surface area (Å²) < 4.78 is 0. The number of thioether (sulfide) groups is 1. The Bertz CT molecular complexity index is 396. The zero-order chi connectivity index (χ0) is 14.5. The lowest BCUT2D eigenvalue weighted by Gasteiger charge is -2.28. The quantitative estimate of drug-likeness (QED) is 0.779. The predicted molar refractivity (Wildman–Crippen MR) is 75.2 cm³/mol. The van der Waals surface area contributed by atoms with E-state index in [9.17, 15) is 19.5 Å². The summed E-state index contributed by atoms with van der Waals surface area (Å²) in [6.45, 7) is -0.0394. The van der Waals surface area contributed by atoms with E-state index in [4.69, 9.17) is 0 Å². The summed E-state index contributed by atoms with van der Waals surface area (Å²) in [5.41, 5.74) is 0. The highest BCUT2D eigenvalue weighted by Crippen LogP contribution is 2.26. The van der Waals surface area contributed by atoms with Crippen molar-refractivity contribution in [2.24, 2.45) is 5.92 Å². The zero-order valence-electron chi connectivity index (χ0n) is 11.3. The Labute approximate surface area is 122 Å². The summed E-state index contributed by atoms with van der Waals surface area (Å²) in [7, 11) is 0. The molecule has 1 aliphatic carbocycles. The number of carboxylic acids is 1. The lowest BCUT2D eigenvalue weighted by molar-refractivity contribution is -0.144. The molecule has 0 aromatic heterocycles. The molecule has 1 unspecified atom stereocenters. The Morgan fingerprint density at radius 2 is 2.05 bits per heavy atom. The van der Waals surface area contributed by atoms with Crippen LogP contribution in [-0.2, 0) is 14.4 Å². The van der Waals surface area contributed by atoms with Gasteiger partial charge in [-0.25, -0.2) is 4.79 Å². The molecule has 1 saturated heterocycles. The van der Waals surface area contributed by atoms with Crippen molar-refractivity contribution in [3.63, 3.8) is 0 Å². The lowest BCUT2D eigenvalue weighted by Crippen LogP contribution is -2.49. The highest BCUT2D eigenvalue weighted by molar-refractivity contribution is 8.00. The minimum absolute atomic E-state index is 0.00820. The number of aliphatic carboxylic acids is 1. The Balaban J connectivity index is 1.88. The number of rotatable bonds is 5. The maximum absolute atomic E-state index is 11.9. The van der Waals surface area contributed by atoms with Crippen molar-refractivity contribution in [3.05, 3.63) is 0 Å². The minimum Gasteiger partial charge on any atom is -0.480 e. The van der Waals surface area contributed by atoms with Gasteiger partial charge >= 0.3 is 5.97 Å². The molecule has 0 aromatic rings. The summed E-state index contributed by atoms with van der Waals surface area (Å²) >= 11 is 1.47. The van der Waals surface area contributed by atoms with Gasteiger partial charge in [-0.2, -0.15) is 0 Å². The van der Waals surface area contributed by atoms with Crippen LogP contribution in [-0.4, -0.2) is 52.0 Å². The molecule has 112 valence electrons. The van der Waals surface area contributed by atoms with Gasteiger partial charge in [0.2, 0.25) is 11.8 Å². The monoisotopic (exact) mass is 300 g/mol. The molecular weight excluding hydrogens is 280 g/mol. The average Bonchev–Trinajstić information content (AvgIpc) is 2.82. The van der Waals surface area contributed by atoms with E-state index in [1.165, 1.54) is 16.7 Å². The van der Waals surface area contributed by atoms with Crippen LogP contribution in [0.15, 0.2) is 0 Å². The highest BCUT2D eigenvalue weighted by atomic mass is 32.2. The van der Waals surface area contributed by atoms with Crippen LogP contribution in [0.2, 0.25) is 0 Å². The largest absolute Gasteiger partial charge is 0.480 e. The molecule has 0 aromatic carbocycles. The molecule has 0 spiro atoms. The zero-order valence-corrected chi connectivity index (χ0v) is 12.2. The molecule has 7 heteroatoms. The number of carbonyl (C=O) groups is 3. The fourth-order valence-electron chi connectivity index (χ4n) is 2.78. The van der Waals surface area contributed by atoms with E-state index >= 15 is 0 Å². The molecule has 1 heterocycles. The van der Waals surface area contributed by atoms with Crippen molar-refractivity contribution in [2.75, 3.05) is 18.2 Å². The molecule has 2 aliphatic rings. The second-order valence-electron chi connectivity index (χ2n) is 5.35. The Morgan fingerprint density at radius 1 is 1.35 bits per heavy atom. The summed E-state index contributed by atoms with van der Waals surface area (Å²) in [5.74, 6) is -0.499. The van der Waals surface area contributed by atoms with Gasteiger partial charge in [0.25, 0.3) is 0 Å². The first-order valence-electron chi connectivity index (χ1n) is 6.95. The van der Waals surface area contributed by atoms with Crippen LogP contribution >= 0.6 is 11.8 Å². The van der Waals surface area contributed by atoms with Crippen molar-refractivity contribution in [1.29, 1.82) is 0 Å². The van der Waals surface area contributed by atoms with Crippen LogP contribution in [0.4, 0.5) is 0 Å². The first-order valence-corrected chi connectivity index (χ1v) is 8.11. The smallest absolute Gasteiger partial charge is 0.326 e. The molecule has 0 radical (unpaired) electrons. The molecule has 1 atom stereocenters. The second-order valence-corrected chi connectivity index (χ2v) is 6.31. The summed E-state index contributed by atoms with van der Waals surface area (Å²) in [5, 5.41) is 11.9.